The van der Waals surface area contributed by atoms with Gasteiger partial charge >= 0.3 is 6.09 Å². The highest BCUT2D eigenvalue weighted by Crippen LogP contribution is 2.33. The molecule has 23 heavy (non-hydrogen) atoms. The first-order valence-electron chi connectivity index (χ1n) is 7.37. The van der Waals surface area contributed by atoms with Gasteiger partial charge in [0.25, 0.3) is 11.6 Å². The van der Waals surface area contributed by atoms with Gasteiger partial charge in [-0.2, -0.15) is 0 Å². The number of methoxy groups -OCH3 is 1. The zero-order chi connectivity index (χ0) is 16.6. The lowest BCUT2D eigenvalue weighted by molar-refractivity contribution is 0.0964. The van der Waals surface area contributed by atoms with Crippen LogP contribution < -0.4 is 5.32 Å². The Hall–Kier alpha value is -2.64. The summed E-state index contributed by atoms with van der Waals surface area (Å²) in [5.41, 5.74) is 2.18. The Kier molecular flexibility index (Phi) is 3.89. The van der Waals surface area contributed by atoms with E-state index in [4.69, 9.17) is 9.26 Å². The van der Waals surface area contributed by atoms with Gasteiger partial charge in [0.15, 0.2) is 0 Å². The van der Waals surface area contributed by atoms with Crippen LogP contribution in [0.15, 0.2) is 10.6 Å². The van der Waals surface area contributed by atoms with Gasteiger partial charge in [0.05, 0.1) is 23.8 Å². The molecule has 122 valence electrons. The minimum atomic E-state index is -0.360. The average molecular weight is 318 g/mol. The lowest BCUT2D eigenvalue weighted by atomic mass is 9.99. The van der Waals surface area contributed by atoms with E-state index < -0.39 is 0 Å². The predicted molar refractivity (Wildman–Crippen MR) is 81.3 cm³/mol. The summed E-state index contributed by atoms with van der Waals surface area (Å²) >= 11 is 0. The van der Waals surface area contributed by atoms with E-state index in [1.165, 1.54) is 7.11 Å². The number of fused-ring (bicyclic) bond motifs is 1. The van der Waals surface area contributed by atoms with Gasteiger partial charge < -0.3 is 19.5 Å². The van der Waals surface area contributed by atoms with Crippen molar-refractivity contribution in [1.29, 1.82) is 0 Å². The van der Waals surface area contributed by atoms with Crippen molar-refractivity contribution in [2.75, 3.05) is 27.2 Å². The van der Waals surface area contributed by atoms with Gasteiger partial charge in [-0.1, -0.05) is 5.16 Å². The van der Waals surface area contributed by atoms with Crippen molar-refractivity contribution in [3.05, 3.63) is 23.0 Å². The van der Waals surface area contributed by atoms with E-state index in [9.17, 15) is 9.59 Å². The summed E-state index contributed by atoms with van der Waals surface area (Å²) in [5, 5.41) is 7.36. The molecule has 0 spiro atoms. The first-order chi connectivity index (χ1) is 11.0. The number of aryl methyl sites for hydroxylation is 1. The fourth-order valence-electron chi connectivity index (χ4n) is 2.97. The largest absolute Gasteiger partial charge is 0.453 e. The van der Waals surface area contributed by atoms with Crippen molar-refractivity contribution >= 4 is 23.1 Å². The molecule has 3 heterocycles. The third kappa shape index (κ3) is 2.60. The van der Waals surface area contributed by atoms with Crippen molar-refractivity contribution in [2.45, 2.75) is 19.3 Å². The molecule has 1 atom stereocenters. The van der Waals surface area contributed by atoms with E-state index in [2.05, 4.69) is 15.5 Å². The molecule has 0 radical (unpaired) electrons. The van der Waals surface area contributed by atoms with Gasteiger partial charge in [-0.05, 0) is 19.4 Å². The fraction of sp³-hybridized carbons (Fsp3) is 0.467. The Bertz CT molecular complexity index is 770. The van der Waals surface area contributed by atoms with E-state index >= 15 is 0 Å². The maximum Gasteiger partial charge on any atom is 0.409 e. The highest BCUT2D eigenvalue weighted by atomic mass is 16.5. The summed E-state index contributed by atoms with van der Waals surface area (Å²) < 4.78 is 10.1. The standard InChI is InChI=1S/C15H18N4O4/c1-8-6-10(13(20)16-2)11-12(18-23-14(11)17-8)9-4-5-19(7-9)15(21)22-3/h6,9H,4-5,7H2,1-3H3,(H,16,20). The average Bonchev–Trinajstić information content (AvgIpc) is 3.18. The zero-order valence-corrected chi connectivity index (χ0v) is 13.3. The first kappa shape index (κ1) is 15.3. The molecule has 0 saturated carbocycles. The monoisotopic (exact) mass is 318 g/mol. The number of carbonyl (C=O) groups is 2. The lowest BCUT2D eigenvalue weighted by Gasteiger charge is -2.13. The number of likely N-dealkylation sites (tertiary alicyclic amines) is 1. The van der Waals surface area contributed by atoms with E-state index in [-0.39, 0.29) is 17.9 Å². The number of nitrogens with zero attached hydrogens (tertiary/aromatic N) is 3. The Morgan fingerprint density at radius 3 is 2.96 bits per heavy atom. The molecule has 1 aliphatic rings. The highest BCUT2D eigenvalue weighted by Gasteiger charge is 2.32. The number of pyridine rings is 1. The zero-order valence-electron chi connectivity index (χ0n) is 13.3. The van der Waals surface area contributed by atoms with E-state index in [1.807, 2.05) is 0 Å². The van der Waals surface area contributed by atoms with Crippen LogP contribution in [0.2, 0.25) is 0 Å². The molecule has 8 nitrogen and oxygen atoms in total. The molecule has 0 bridgehead atoms. The van der Waals surface area contributed by atoms with Gasteiger partial charge in [-0.15, -0.1) is 0 Å². The maximum absolute atomic E-state index is 12.2. The molecule has 0 aliphatic carbocycles. The molecule has 2 aromatic heterocycles. The summed E-state index contributed by atoms with van der Waals surface area (Å²) in [7, 11) is 2.93. The molecule has 2 amide bonds. The highest BCUT2D eigenvalue weighted by molar-refractivity contribution is 6.06. The molecule has 1 saturated heterocycles. The summed E-state index contributed by atoms with van der Waals surface area (Å²) in [6.45, 7) is 2.86. The Labute approximate surface area is 132 Å². The molecular formula is C15H18N4O4. The second kappa shape index (κ2) is 5.86. The fourth-order valence-corrected chi connectivity index (χ4v) is 2.97. The third-order valence-electron chi connectivity index (χ3n) is 4.08. The number of hydrogen-bond acceptors (Lipinski definition) is 6. The van der Waals surface area contributed by atoms with Crippen molar-refractivity contribution < 1.29 is 18.8 Å². The van der Waals surface area contributed by atoms with Crippen LogP contribution in [0.4, 0.5) is 4.79 Å². The molecule has 1 aliphatic heterocycles. The number of rotatable bonds is 2. The molecule has 2 aromatic rings. The van der Waals surface area contributed by atoms with Crippen molar-refractivity contribution in [2.24, 2.45) is 0 Å². The van der Waals surface area contributed by atoms with Crippen LogP contribution >= 0.6 is 0 Å². The molecule has 0 aromatic carbocycles. The van der Waals surface area contributed by atoms with Crippen LogP contribution in [-0.2, 0) is 4.74 Å². The number of hydrogen-bond donors (Lipinski definition) is 1. The lowest BCUT2D eigenvalue weighted by Crippen LogP contribution is -2.28. The van der Waals surface area contributed by atoms with Crippen LogP contribution in [0.5, 0.6) is 0 Å². The second-order valence-corrected chi connectivity index (χ2v) is 5.54. The Morgan fingerprint density at radius 1 is 1.48 bits per heavy atom. The molecule has 3 rings (SSSR count). The Morgan fingerprint density at radius 2 is 2.26 bits per heavy atom. The topological polar surface area (TPSA) is 97.6 Å². The maximum atomic E-state index is 12.2. The molecule has 1 N–H and O–H groups in total. The molecule has 1 unspecified atom stereocenters. The van der Waals surface area contributed by atoms with Crippen LogP contribution in [-0.4, -0.2) is 54.3 Å². The quantitative estimate of drug-likeness (QED) is 0.900. The molecular weight excluding hydrogens is 300 g/mol. The van der Waals surface area contributed by atoms with E-state index in [0.29, 0.717) is 41.1 Å². The molecule has 8 heteroatoms. The number of nitrogens with one attached hydrogen (secondary N) is 1. The first-order valence-corrected chi connectivity index (χ1v) is 7.37. The predicted octanol–water partition coefficient (Wildman–Crippen LogP) is 1.45. The van der Waals surface area contributed by atoms with Crippen LogP contribution in [0.25, 0.3) is 11.1 Å². The SMILES string of the molecule is CNC(=O)c1cc(C)nc2onc(C3CCN(C(=O)OC)C3)c12. The number of ether oxygens (including phenoxy) is 1. The third-order valence-corrected chi connectivity index (χ3v) is 4.08. The van der Waals surface area contributed by atoms with Crippen LogP contribution in [0.3, 0.4) is 0 Å². The number of aromatic nitrogens is 2. The number of amides is 2. The van der Waals surface area contributed by atoms with Gasteiger partial charge in [0.2, 0.25) is 0 Å². The van der Waals surface area contributed by atoms with Gasteiger partial charge in [0, 0.05) is 31.7 Å². The van der Waals surface area contributed by atoms with E-state index in [1.54, 1.807) is 24.9 Å². The van der Waals surface area contributed by atoms with Crippen LogP contribution in [0.1, 0.15) is 34.1 Å². The van der Waals surface area contributed by atoms with Crippen molar-refractivity contribution in [3.63, 3.8) is 0 Å². The summed E-state index contributed by atoms with van der Waals surface area (Å²) in [6.07, 6.45) is 0.374. The Balaban J connectivity index is 2.02. The molecule has 1 fully saturated rings. The van der Waals surface area contributed by atoms with E-state index in [0.717, 1.165) is 6.42 Å². The van der Waals surface area contributed by atoms with Gasteiger partial charge in [0.1, 0.15) is 0 Å². The van der Waals surface area contributed by atoms with Crippen molar-refractivity contribution in [1.82, 2.24) is 20.4 Å². The van der Waals surface area contributed by atoms with Crippen LogP contribution in [0, 0.1) is 6.92 Å². The summed E-state index contributed by atoms with van der Waals surface area (Å²) in [5.74, 6) is -0.226. The smallest absolute Gasteiger partial charge is 0.409 e. The summed E-state index contributed by atoms with van der Waals surface area (Å²) in [4.78, 5) is 29.7. The summed E-state index contributed by atoms with van der Waals surface area (Å²) in [6, 6.07) is 1.72. The second-order valence-electron chi connectivity index (χ2n) is 5.54. The van der Waals surface area contributed by atoms with Gasteiger partial charge in [-0.25, -0.2) is 9.78 Å². The van der Waals surface area contributed by atoms with Gasteiger partial charge in [-0.3, -0.25) is 4.79 Å². The minimum absolute atomic E-state index is 0.0109. The normalized spacial score (nSPS) is 17.5. The van der Waals surface area contributed by atoms with Crippen molar-refractivity contribution in [3.8, 4) is 0 Å². The number of carbonyl (C=O) groups excluding carboxylic acids is 2. The minimum Gasteiger partial charge on any atom is -0.453 e.